The van der Waals surface area contributed by atoms with Crippen LogP contribution in [0.15, 0.2) is 42.7 Å². The monoisotopic (exact) mass is 308 g/mol. The van der Waals surface area contributed by atoms with E-state index in [0.29, 0.717) is 0 Å². The zero-order chi connectivity index (χ0) is 15.1. The Hall–Kier alpha value is -2.80. The number of pyridine rings is 1. The molecule has 2 N–H and O–H groups in total. The first kappa shape index (κ1) is 12.9. The van der Waals surface area contributed by atoms with Crippen LogP contribution in [0.2, 0.25) is 0 Å². The van der Waals surface area contributed by atoms with Gasteiger partial charge in [0.2, 0.25) is 0 Å². The summed E-state index contributed by atoms with van der Waals surface area (Å²) in [7, 11) is 1.94. The molecular weight excluding hydrogens is 296 g/mol. The number of aryl methyl sites for hydroxylation is 1. The summed E-state index contributed by atoms with van der Waals surface area (Å²) in [5, 5.41) is 2.86. The van der Waals surface area contributed by atoms with Crippen LogP contribution in [-0.4, -0.2) is 24.5 Å². The second-order valence-corrected chi connectivity index (χ2v) is 5.84. The fourth-order valence-corrected chi connectivity index (χ4v) is 3.25. The summed E-state index contributed by atoms with van der Waals surface area (Å²) in [6.07, 6.45) is 8.75. The summed E-state index contributed by atoms with van der Waals surface area (Å²) in [5.41, 5.74) is 10.4. The highest BCUT2D eigenvalue weighted by atomic mass is 32.1. The van der Waals surface area contributed by atoms with Gasteiger partial charge < -0.3 is 10.3 Å². The molecule has 0 bridgehead atoms. The fourth-order valence-electron chi connectivity index (χ4n) is 2.40. The van der Waals surface area contributed by atoms with Crippen molar-refractivity contribution in [3.05, 3.63) is 42.7 Å². The number of thiophene rings is 1. The van der Waals surface area contributed by atoms with Gasteiger partial charge >= 0.3 is 0 Å². The van der Waals surface area contributed by atoms with Crippen LogP contribution in [-0.2, 0) is 7.05 Å². The Bertz CT molecular complexity index is 957. The minimum atomic E-state index is 0.726. The normalized spacial score (nSPS) is 11.1. The van der Waals surface area contributed by atoms with E-state index in [9.17, 15) is 0 Å². The van der Waals surface area contributed by atoms with E-state index >= 15 is 0 Å². The molecule has 6 nitrogen and oxygen atoms in total. The second kappa shape index (κ2) is 4.88. The van der Waals surface area contributed by atoms with Gasteiger partial charge in [-0.2, -0.15) is 0 Å². The van der Waals surface area contributed by atoms with Crippen molar-refractivity contribution in [2.24, 2.45) is 7.05 Å². The van der Waals surface area contributed by atoms with Crippen LogP contribution in [0.3, 0.4) is 0 Å². The van der Waals surface area contributed by atoms with Crippen LogP contribution < -0.4 is 5.73 Å². The van der Waals surface area contributed by atoms with Gasteiger partial charge in [-0.15, -0.1) is 11.3 Å². The summed E-state index contributed by atoms with van der Waals surface area (Å²) in [6, 6.07) is 1.99. The number of nitrogens with zero attached hydrogens (tertiary/aromatic N) is 5. The van der Waals surface area contributed by atoms with Crippen LogP contribution in [0.4, 0.5) is 5.69 Å². The van der Waals surface area contributed by atoms with Gasteiger partial charge in [-0.25, -0.2) is 19.9 Å². The summed E-state index contributed by atoms with van der Waals surface area (Å²) < 4.78 is 1.91. The van der Waals surface area contributed by atoms with Crippen molar-refractivity contribution in [1.29, 1.82) is 0 Å². The smallest absolute Gasteiger partial charge is 0.126 e. The third-order valence-electron chi connectivity index (χ3n) is 3.41. The average molecular weight is 308 g/mol. The number of imidazole rings is 1. The Morgan fingerprint density at radius 2 is 2.00 bits per heavy atom. The number of nitrogens with two attached hydrogens (primary N) is 1. The number of aromatic nitrogens is 5. The fraction of sp³-hybridized carbons (Fsp3) is 0.0667. The molecule has 0 atom stereocenters. The predicted molar refractivity (Wildman–Crippen MR) is 87.3 cm³/mol. The van der Waals surface area contributed by atoms with E-state index < -0.39 is 0 Å². The molecule has 4 aromatic heterocycles. The molecule has 0 aromatic carbocycles. The molecule has 0 aliphatic carbocycles. The van der Waals surface area contributed by atoms with Crippen molar-refractivity contribution in [2.75, 3.05) is 5.73 Å². The van der Waals surface area contributed by atoms with E-state index in [1.807, 2.05) is 29.3 Å². The molecule has 7 heteroatoms. The van der Waals surface area contributed by atoms with E-state index in [4.69, 9.17) is 5.73 Å². The number of nitrogen functional groups attached to an aromatic ring is 1. The third-order valence-corrected chi connectivity index (χ3v) is 4.30. The zero-order valence-corrected chi connectivity index (χ0v) is 12.6. The average Bonchev–Trinajstić information content (AvgIpc) is 3.14. The van der Waals surface area contributed by atoms with E-state index in [1.165, 1.54) is 17.7 Å². The van der Waals surface area contributed by atoms with Gasteiger partial charge in [0.15, 0.2) is 0 Å². The van der Waals surface area contributed by atoms with Gasteiger partial charge in [0.1, 0.15) is 11.2 Å². The van der Waals surface area contributed by atoms with Gasteiger partial charge in [0.05, 0.1) is 23.4 Å². The second-order valence-electron chi connectivity index (χ2n) is 4.98. The summed E-state index contributed by atoms with van der Waals surface area (Å²) in [6.45, 7) is 0. The summed E-state index contributed by atoms with van der Waals surface area (Å²) in [5.74, 6) is 0. The molecule has 4 rings (SSSR count). The molecule has 0 amide bonds. The first-order valence-corrected chi connectivity index (χ1v) is 7.52. The summed E-state index contributed by atoms with van der Waals surface area (Å²) in [4.78, 5) is 18.1. The van der Waals surface area contributed by atoms with Gasteiger partial charge in [-0.3, -0.25) is 0 Å². The molecule has 4 aromatic rings. The Kier molecular flexibility index (Phi) is 2.87. The molecule has 0 unspecified atom stereocenters. The topological polar surface area (TPSA) is 82.5 Å². The molecular formula is C15H12N6S. The van der Waals surface area contributed by atoms with E-state index in [-0.39, 0.29) is 0 Å². The van der Waals surface area contributed by atoms with Crippen LogP contribution in [0.25, 0.3) is 32.7 Å². The first-order valence-electron chi connectivity index (χ1n) is 6.64. The molecule has 0 aliphatic heterocycles. The highest BCUT2D eigenvalue weighted by Gasteiger charge is 2.15. The minimum Gasteiger partial charge on any atom is -0.397 e. The Morgan fingerprint density at radius 1 is 1.18 bits per heavy atom. The third kappa shape index (κ3) is 2.03. The number of hydrogen-bond donors (Lipinski definition) is 1. The Labute approximate surface area is 130 Å². The lowest BCUT2D eigenvalue weighted by Crippen LogP contribution is -1.91. The van der Waals surface area contributed by atoms with Crippen molar-refractivity contribution in [3.63, 3.8) is 0 Å². The van der Waals surface area contributed by atoms with Crippen molar-refractivity contribution in [1.82, 2.24) is 24.5 Å². The van der Waals surface area contributed by atoms with Crippen LogP contribution in [0, 0.1) is 0 Å². The lowest BCUT2D eigenvalue weighted by molar-refractivity contribution is 0.913. The van der Waals surface area contributed by atoms with Crippen LogP contribution >= 0.6 is 11.3 Å². The lowest BCUT2D eigenvalue weighted by atomic mass is 10.1. The lowest BCUT2D eigenvalue weighted by Gasteiger charge is -2.06. The number of rotatable bonds is 2. The maximum atomic E-state index is 6.12. The quantitative estimate of drug-likeness (QED) is 0.615. The van der Waals surface area contributed by atoms with Crippen LogP contribution in [0.5, 0.6) is 0 Å². The first-order chi connectivity index (χ1) is 10.7. The number of anilines is 1. The molecule has 4 heterocycles. The van der Waals surface area contributed by atoms with Crippen molar-refractivity contribution >= 4 is 27.2 Å². The van der Waals surface area contributed by atoms with Crippen molar-refractivity contribution < 1.29 is 0 Å². The molecule has 0 radical (unpaired) electrons. The Balaban J connectivity index is 2.02. The van der Waals surface area contributed by atoms with Gasteiger partial charge in [-0.05, 0) is 6.07 Å². The standard InChI is InChI=1S/C15H12N6S/c1-21-5-13(19-8-21)10-2-12(9-3-17-7-18-4-9)20-15-14(10)11(16)6-22-15/h2-8H,16H2,1H3. The molecule has 22 heavy (non-hydrogen) atoms. The molecule has 0 fully saturated rings. The SMILES string of the molecule is Cn1cnc(-c2cc(-c3cncnc3)nc3scc(N)c23)c1. The maximum Gasteiger partial charge on any atom is 0.126 e. The predicted octanol–water partition coefficient (Wildman–Crippen LogP) is 2.74. The largest absolute Gasteiger partial charge is 0.397 e. The zero-order valence-electron chi connectivity index (χ0n) is 11.8. The molecule has 0 saturated carbocycles. The van der Waals surface area contributed by atoms with E-state index in [0.717, 1.165) is 38.4 Å². The molecule has 0 saturated heterocycles. The molecule has 0 aliphatic rings. The van der Waals surface area contributed by atoms with Gasteiger partial charge in [0, 0.05) is 47.5 Å². The highest BCUT2D eigenvalue weighted by Crippen LogP contribution is 2.37. The molecule has 108 valence electrons. The highest BCUT2D eigenvalue weighted by molar-refractivity contribution is 7.17. The number of hydrogen-bond acceptors (Lipinski definition) is 6. The van der Waals surface area contributed by atoms with Crippen LogP contribution in [0.1, 0.15) is 0 Å². The summed E-state index contributed by atoms with van der Waals surface area (Å²) >= 11 is 1.53. The van der Waals surface area contributed by atoms with Crippen molar-refractivity contribution in [2.45, 2.75) is 0 Å². The van der Waals surface area contributed by atoms with Crippen molar-refractivity contribution in [3.8, 4) is 22.5 Å². The minimum absolute atomic E-state index is 0.726. The van der Waals surface area contributed by atoms with E-state index in [1.54, 1.807) is 18.7 Å². The Morgan fingerprint density at radius 3 is 2.73 bits per heavy atom. The van der Waals surface area contributed by atoms with Gasteiger partial charge in [-0.1, -0.05) is 0 Å². The van der Waals surface area contributed by atoms with Gasteiger partial charge in [0.25, 0.3) is 0 Å². The molecule has 0 spiro atoms. The maximum absolute atomic E-state index is 6.12. The van der Waals surface area contributed by atoms with E-state index in [2.05, 4.69) is 19.9 Å². The number of fused-ring (bicyclic) bond motifs is 1.